The minimum Gasteiger partial charge on any atom is -0.744 e. The fourth-order valence-electron chi connectivity index (χ4n) is 2.42. The second-order valence-corrected chi connectivity index (χ2v) is 8.68. The van der Waals surface area contributed by atoms with Gasteiger partial charge in [0.2, 0.25) is 5.39 Å². The Hall–Kier alpha value is -2.55. The summed E-state index contributed by atoms with van der Waals surface area (Å²) < 4.78 is 66.1. The molecule has 0 unspecified atom stereocenters. The molecule has 28 heavy (non-hydrogen) atoms. The lowest BCUT2D eigenvalue weighted by molar-refractivity contribution is 0.461. The van der Waals surface area contributed by atoms with Gasteiger partial charge in [-0.1, -0.05) is 35.9 Å². The summed E-state index contributed by atoms with van der Waals surface area (Å²) in [5.74, 6) is 0. The Morgan fingerprint density at radius 1 is 0.857 bits per heavy atom. The summed E-state index contributed by atoms with van der Waals surface area (Å²) in [6.45, 7) is 1.83. The summed E-state index contributed by atoms with van der Waals surface area (Å²) in [5.41, 5.74) is 1.43. The van der Waals surface area contributed by atoms with Crippen LogP contribution in [0, 0.1) is 12.3 Å². The normalized spacial score (nSPS) is 11.4. The summed E-state index contributed by atoms with van der Waals surface area (Å²) in [7, 11) is -9.48. The van der Waals surface area contributed by atoms with Gasteiger partial charge in [-0.3, -0.25) is 0 Å². The molecule has 0 spiro atoms. The molecule has 0 bridgehead atoms. The summed E-state index contributed by atoms with van der Waals surface area (Å²) >= 11 is 5.65. The van der Waals surface area contributed by atoms with E-state index >= 15 is 0 Å². The van der Waals surface area contributed by atoms with Gasteiger partial charge in [-0.2, -0.15) is 0 Å². The first-order valence-electron chi connectivity index (χ1n) is 7.50. The van der Waals surface area contributed by atoms with Crippen molar-refractivity contribution in [2.75, 3.05) is 0 Å². The van der Waals surface area contributed by atoms with Gasteiger partial charge in [0.25, 0.3) is 0 Å². The van der Waals surface area contributed by atoms with Crippen molar-refractivity contribution in [2.45, 2.75) is 16.7 Å². The Morgan fingerprint density at radius 3 is 1.68 bits per heavy atom. The van der Waals surface area contributed by atoms with Crippen LogP contribution in [0.5, 0.6) is 0 Å². The maximum absolute atomic E-state index is 11.0. The van der Waals surface area contributed by atoms with Gasteiger partial charge in [-0.25, -0.2) is 16.8 Å². The van der Waals surface area contributed by atoms with Crippen LogP contribution in [0.2, 0.25) is 5.02 Å². The van der Waals surface area contributed by atoms with Crippen molar-refractivity contribution in [1.29, 1.82) is 5.39 Å². The van der Waals surface area contributed by atoms with E-state index in [0.29, 0.717) is 10.7 Å². The predicted molar refractivity (Wildman–Crippen MR) is 101 cm³/mol. The van der Waals surface area contributed by atoms with Gasteiger partial charge in [0.05, 0.1) is 9.79 Å². The number of benzene rings is 3. The third-order valence-corrected chi connectivity index (χ3v) is 5.67. The third kappa shape index (κ3) is 5.03. The average Bonchev–Trinajstić information content (AvgIpc) is 2.59. The average molecular weight is 440 g/mol. The molecular formula is C17H12ClN2O6S2-. The lowest BCUT2D eigenvalue weighted by Crippen LogP contribution is -2.03. The minimum absolute atomic E-state index is 0.0792. The molecule has 0 radical (unpaired) electrons. The zero-order valence-electron chi connectivity index (χ0n) is 14.2. The van der Waals surface area contributed by atoms with Gasteiger partial charge in [0.1, 0.15) is 20.2 Å². The number of nitrogens with zero attached hydrogens (tertiary/aromatic N) is 2. The molecule has 0 fully saturated rings. The summed E-state index contributed by atoms with van der Waals surface area (Å²) in [6, 6.07) is 12.2. The molecule has 11 heteroatoms. The molecule has 0 aliphatic rings. The third-order valence-electron chi connectivity index (χ3n) is 3.65. The fourth-order valence-corrected chi connectivity index (χ4v) is 4.03. The molecule has 0 aliphatic heterocycles. The second kappa shape index (κ2) is 8.22. The Kier molecular flexibility index (Phi) is 6.38. The first kappa shape index (κ1) is 21.7. The molecule has 0 N–H and O–H groups in total. The molecule has 0 aromatic heterocycles. The zero-order chi connectivity index (χ0) is 21.1. The smallest absolute Gasteiger partial charge is 0.388 e. The maximum Gasteiger partial charge on any atom is 0.388 e. The van der Waals surface area contributed by atoms with Crippen LogP contribution in [-0.2, 0) is 20.2 Å². The van der Waals surface area contributed by atoms with E-state index in [1.165, 1.54) is 24.3 Å². The van der Waals surface area contributed by atoms with Crippen LogP contribution in [-0.4, -0.2) is 25.9 Å². The van der Waals surface area contributed by atoms with Crippen molar-refractivity contribution in [3.8, 4) is 0 Å². The van der Waals surface area contributed by atoms with E-state index in [4.69, 9.17) is 17.0 Å². The Balaban J connectivity index is 0.000000237. The molecule has 3 rings (SSSR count). The number of halogens is 1. The van der Waals surface area contributed by atoms with Gasteiger partial charge in [0, 0.05) is 27.4 Å². The number of hydrogen-bond acceptors (Lipinski definition) is 7. The van der Waals surface area contributed by atoms with Crippen LogP contribution in [0.1, 0.15) is 5.56 Å². The molecule has 146 valence electrons. The van der Waals surface area contributed by atoms with E-state index in [0.717, 1.165) is 17.7 Å². The highest BCUT2D eigenvalue weighted by atomic mass is 35.5. The van der Waals surface area contributed by atoms with Gasteiger partial charge in [-0.15, -0.1) is 0 Å². The lowest BCUT2D eigenvalue weighted by atomic mass is 10.1. The van der Waals surface area contributed by atoms with Gasteiger partial charge in [0.15, 0.2) is 4.98 Å². The predicted octanol–water partition coefficient (Wildman–Crippen LogP) is 3.78. The Labute approximate surface area is 166 Å². The largest absolute Gasteiger partial charge is 0.744 e. The van der Waals surface area contributed by atoms with E-state index < -0.39 is 30.0 Å². The molecule has 3 aromatic rings. The topological polar surface area (TPSA) is 143 Å². The van der Waals surface area contributed by atoms with Crippen LogP contribution < -0.4 is 0 Å². The molecular weight excluding hydrogens is 428 g/mol. The van der Waals surface area contributed by atoms with Crippen LogP contribution in [0.25, 0.3) is 15.7 Å². The molecule has 0 saturated carbocycles. The van der Waals surface area contributed by atoms with Crippen molar-refractivity contribution in [2.24, 2.45) is 0 Å². The highest BCUT2D eigenvalue weighted by molar-refractivity contribution is 7.86. The Morgan fingerprint density at radius 2 is 1.32 bits per heavy atom. The fraction of sp³-hybridized carbons (Fsp3) is 0.0588. The number of hydrogen-bond donors (Lipinski definition) is 0. The van der Waals surface area contributed by atoms with Gasteiger partial charge < -0.3 is 9.11 Å². The molecule has 0 atom stereocenters. The number of rotatable bonds is 2. The van der Waals surface area contributed by atoms with Crippen LogP contribution in [0.4, 0.5) is 5.69 Å². The Bertz CT molecular complexity index is 1230. The summed E-state index contributed by atoms with van der Waals surface area (Å²) in [4.78, 5) is 1.95. The van der Waals surface area contributed by atoms with E-state index in [2.05, 4.69) is 4.98 Å². The first-order chi connectivity index (χ1) is 12.9. The number of aryl methyl sites for hydroxylation is 1. The van der Waals surface area contributed by atoms with E-state index in [9.17, 15) is 25.9 Å². The number of diazo groups is 1. The molecule has 0 amide bonds. The zero-order valence-corrected chi connectivity index (χ0v) is 16.6. The monoisotopic (exact) mass is 439 g/mol. The van der Waals surface area contributed by atoms with Crippen LogP contribution in [0.3, 0.4) is 0 Å². The van der Waals surface area contributed by atoms with Crippen molar-refractivity contribution in [1.82, 2.24) is 0 Å². The molecule has 8 nitrogen and oxygen atoms in total. The van der Waals surface area contributed by atoms with Crippen molar-refractivity contribution in [3.05, 3.63) is 70.2 Å². The molecule has 0 saturated heterocycles. The van der Waals surface area contributed by atoms with E-state index in [1.54, 1.807) is 18.2 Å². The quantitative estimate of drug-likeness (QED) is 0.436. The number of fused-ring (bicyclic) bond motifs is 1. The minimum atomic E-state index is -4.74. The molecule has 0 aliphatic carbocycles. The van der Waals surface area contributed by atoms with Crippen molar-refractivity contribution >= 4 is 48.3 Å². The van der Waals surface area contributed by atoms with Crippen molar-refractivity contribution < 1.29 is 25.9 Å². The SMILES string of the molecule is Cc1cc(Cl)ccc1[N+]#N.O=S(=O)([O-])c1cccc2c(S(=O)(=O)[O-])cccc12. The standard InChI is InChI=1S/C10H8O6S2.C7H6ClN2/c11-17(12,13)9-5-1-3-7-8(9)4-2-6-10(7)18(14,15)16;1-5-4-6(8)2-3-7(5)10-9/h1-6H,(H,11,12,13)(H,14,15,16);2-4H,1H3/q;+1/p-2. The van der Waals surface area contributed by atoms with Crippen LogP contribution in [0.15, 0.2) is 64.4 Å². The summed E-state index contributed by atoms with van der Waals surface area (Å²) in [5, 5.41) is 8.89. The lowest BCUT2D eigenvalue weighted by Gasteiger charge is -2.14. The highest BCUT2D eigenvalue weighted by Gasteiger charge is 2.12. The van der Waals surface area contributed by atoms with Gasteiger partial charge in [-0.05, 0) is 31.2 Å². The second-order valence-electron chi connectivity index (χ2n) is 5.55. The summed E-state index contributed by atoms with van der Waals surface area (Å²) in [6.07, 6.45) is 0. The van der Waals surface area contributed by atoms with Crippen molar-refractivity contribution in [3.63, 3.8) is 0 Å². The highest BCUT2D eigenvalue weighted by Crippen LogP contribution is 2.28. The molecule has 0 heterocycles. The van der Waals surface area contributed by atoms with Crippen LogP contribution >= 0.6 is 11.6 Å². The van der Waals surface area contributed by atoms with E-state index in [-0.39, 0.29) is 10.8 Å². The maximum atomic E-state index is 11.0. The molecule has 3 aromatic carbocycles. The first-order valence-corrected chi connectivity index (χ1v) is 10.7. The van der Waals surface area contributed by atoms with E-state index in [1.807, 2.05) is 6.92 Å². The van der Waals surface area contributed by atoms with Gasteiger partial charge >= 0.3 is 5.69 Å².